The van der Waals surface area contributed by atoms with Gasteiger partial charge in [0.1, 0.15) is 11.6 Å². The summed E-state index contributed by atoms with van der Waals surface area (Å²) in [6.07, 6.45) is 0. The molecule has 5 aromatic carbocycles. The van der Waals surface area contributed by atoms with E-state index in [1.165, 1.54) is 27.8 Å². The third-order valence-electron chi connectivity index (χ3n) is 11.1. The SMILES string of the molecule is CC(=O)C(C)C.CC(=O)C(C)C.CC(C)(C)c1ccccc1.CC(C)C(=O)c1ccc(C(C)(C)C)cc1.CC(C)C(=O)c1ccc(C(C)C)cc1.CC(C)c1ccccc1.CC(C)c1ccccc1.I[I-]I. The zero-order chi connectivity index (χ0) is 56.4. The second-order valence-electron chi connectivity index (χ2n) is 22.0. The summed E-state index contributed by atoms with van der Waals surface area (Å²) in [7, 11) is 0. The maximum atomic E-state index is 11.7. The van der Waals surface area contributed by atoms with Crippen molar-refractivity contribution in [1.29, 1.82) is 0 Å². The summed E-state index contributed by atoms with van der Waals surface area (Å²) in [5.74, 6) is 3.39. The Morgan fingerprint density at radius 3 is 0.736 bits per heavy atom. The molecule has 0 bridgehead atoms. The van der Waals surface area contributed by atoms with E-state index in [1.54, 1.807) is 13.8 Å². The van der Waals surface area contributed by atoms with Crippen LogP contribution in [0.2, 0.25) is 0 Å². The van der Waals surface area contributed by atoms with Gasteiger partial charge in [0.05, 0.1) is 0 Å². The molecule has 0 N–H and O–H groups in total. The van der Waals surface area contributed by atoms with Gasteiger partial charge in [0.15, 0.2) is 11.6 Å². The Kier molecular flexibility index (Phi) is 41.0. The molecule has 72 heavy (non-hydrogen) atoms. The molecule has 0 aliphatic heterocycles. The van der Waals surface area contributed by atoms with Crippen molar-refractivity contribution in [2.75, 3.05) is 0 Å². The van der Waals surface area contributed by atoms with E-state index in [9.17, 15) is 19.2 Å². The summed E-state index contributed by atoms with van der Waals surface area (Å²) in [6.45, 7) is 44.8. The van der Waals surface area contributed by atoms with E-state index >= 15 is 0 Å². The van der Waals surface area contributed by atoms with Gasteiger partial charge in [-0.2, -0.15) is 0 Å². The number of hydrogen-bond acceptors (Lipinski definition) is 4. The quantitative estimate of drug-likeness (QED) is 0.109. The van der Waals surface area contributed by atoms with Gasteiger partial charge in [-0.3, -0.25) is 19.2 Å². The Morgan fingerprint density at radius 1 is 0.347 bits per heavy atom. The van der Waals surface area contributed by atoms with Crippen LogP contribution in [0.1, 0.15) is 219 Å². The molecule has 0 saturated heterocycles. The second-order valence-corrected chi connectivity index (χ2v) is 38.2. The molecule has 0 spiro atoms. The van der Waals surface area contributed by atoms with Crippen LogP contribution in [0.5, 0.6) is 0 Å². The fourth-order valence-electron chi connectivity index (χ4n) is 5.45. The van der Waals surface area contributed by atoms with Gasteiger partial charge >= 0.3 is 50.5 Å². The summed E-state index contributed by atoms with van der Waals surface area (Å²) < 4.78 is 0. The summed E-state index contributed by atoms with van der Waals surface area (Å²) in [5.41, 5.74) is 8.86. The zero-order valence-electron chi connectivity index (χ0n) is 48.6. The first-order valence-corrected chi connectivity index (χ1v) is 38.2. The molecule has 5 rings (SSSR count). The number of carbonyl (C=O) groups excluding carboxylic acids is 4. The van der Waals surface area contributed by atoms with Crippen molar-refractivity contribution in [2.45, 2.75) is 181 Å². The maximum absolute atomic E-state index is 11.7. The predicted molar refractivity (Wildman–Crippen MR) is 329 cm³/mol. The van der Waals surface area contributed by atoms with Crippen molar-refractivity contribution in [3.63, 3.8) is 0 Å². The number of Topliss-reactive ketones (excluding diaryl/α,β-unsaturated/α-hetero) is 4. The van der Waals surface area contributed by atoms with E-state index in [-0.39, 0.29) is 52.2 Å². The molecule has 0 aromatic heterocycles. The van der Waals surface area contributed by atoms with Crippen molar-refractivity contribution >= 4 is 60.4 Å². The Bertz CT molecular complexity index is 2080. The topological polar surface area (TPSA) is 68.3 Å². The Morgan fingerprint density at radius 2 is 0.556 bits per heavy atom. The molecule has 7 heteroatoms. The van der Waals surface area contributed by atoms with Crippen LogP contribution in [-0.2, 0) is 20.4 Å². The average molecular weight is 1320 g/mol. The van der Waals surface area contributed by atoms with Gasteiger partial charge in [0.2, 0.25) is 0 Å². The van der Waals surface area contributed by atoms with Gasteiger partial charge in [-0.15, -0.1) is 0 Å². The van der Waals surface area contributed by atoms with Gasteiger partial charge in [0.25, 0.3) is 0 Å². The monoisotopic (exact) mass is 1320 g/mol. The number of carbonyl (C=O) groups is 4. The van der Waals surface area contributed by atoms with E-state index in [0.717, 1.165) is 11.1 Å². The number of benzene rings is 5. The van der Waals surface area contributed by atoms with E-state index in [2.05, 4.69) is 211 Å². The molecule has 0 heterocycles. The van der Waals surface area contributed by atoms with Crippen molar-refractivity contribution in [1.82, 2.24) is 0 Å². The minimum atomic E-state index is 0.0745. The summed E-state index contributed by atoms with van der Waals surface area (Å²) in [5, 5.41) is 0. The molecule has 0 unspecified atom stereocenters. The van der Waals surface area contributed by atoms with Gasteiger partial charge in [0, 0.05) is 34.8 Å². The van der Waals surface area contributed by atoms with E-state index in [4.69, 9.17) is 0 Å². The average Bonchev–Trinajstić information content (AvgIpc) is 3.32. The molecular weight excluding hydrogens is 1230 g/mol. The van der Waals surface area contributed by atoms with Gasteiger partial charge in [-0.1, -0.05) is 278 Å². The molecule has 0 radical (unpaired) electrons. The fourth-order valence-corrected chi connectivity index (χ4v) is 5.45. The van der Waals surface area contributed by atoms with Gasteiger partial charge in [-0.05, 0) is 70.2 Å². The summed E-state index contributed by atoms with van der Waals surface area (Å²) >= 11 is 5.30. The molecule has 0 atom stereocenters. The molecule has 402 valence electrons. The number of ketones is 4. The molecule has 0 aliphatic carbocycles. The number of halogens is 3. The van der Waals surface area contributed by atoms with Crippen LogP contribution >= 0.6 is 37.2 Å². The number of hydrogen-bond donors (Lipinski definition) is 0. The molecule has 5 aromatic rings. The minimum absolute atomic E-state index is 0.0745. The third-order valence-corrected chi connectivity index (χ3v) is 11.1. The third kappa shape index (κ3) is 36.8. The van der Waals surface area contributed by atoms with Crippen molar-refractivity contribution in [2.24, 2.45) is 23.7 Å². The van der Waals surface area contributed by atoms with Crippen LogP contribution in [0.25, 0.3) is 0 Å². The first-order chi connectivity index (χ1) is 33.3. The van der Waals surface area contributed by atoms with E-state index < -0.39 is 0 Å². The molecule has 0 saturated carbocycles. The first-order valence-electron chi connectivity index (χ1n) is 25.6. The molecule has 0 fully saturated rings. The molecule has 0 aliphatic rings. The normalized spacial score (nSPS) is 10.6. The Balaban J connectivity index is -0.000000781. The molecule has 0 amide bonds. The van der Waals surface area contributed by atoms with E-state index in [0.29, 0.717) is 36.4 Å². The molecular formula is C65H96I3O4-. The standard InChI is InChI=1S/C14H20O.C13H18O.C10H14.2C9H12.2C5H10O.I3/c1-10(2)13(15)11-6-8-12(9-7-11)14(3,4)5;1-9(2)11-5-7-12(8-6-11)13(14)10(3)4;1-10(2,3)9-7-5-4-6-8-9;2*1-8(2)9-6-4-3-5-7-9;2*1-4(2)5(3)6;1-3-2/h6-10H,1-5H3;5-10H,1-4H3;4-8H,1-3H3;2*3-8H,1-2H3;2*4H,1-3H3;/q;;;;;;;-1. The number of rotatable bonds is 9. The van der Waals surface area contributed by atoms with Crippen LogP contribution in [0.15, 0.2) is 140 Å². The second kappa shape index (κ2) is 40.3. The Hall–Kier alpha value is -3.03. The van der Waals surface area contributed by atoms with Crippen LogP contribution in [0.4, 0.5) is 0 Å². The van der Waals surface area contributed by atoms with Crippen LogP contribution in [-0.4, -0.2) is 23.1 Å². The predicted octanol–water partition coefficient (Wildman–Crippen LogP) is 17.3. The van der Waals surface area contributed by atoms with Gasteiger partial charge in [-0.25, -0.2) is 0 Å². The first kappa shape index (κ1) is 73.2. The van der Waals surface area contributed by atoms with Crippen molar-refractivity contribution in [3.8, 4) is 0 Å². The molecule has 4 nitrogen and oxygen atoms in total. The zero-order valence-corrected chi connectivity index (χ0v) is 55.1. The van der Waals surface area contributed by atoms with Crippen LogP contribution < -0.4 is 13.3 Å². The van der Waals surface area contributed by atoms with Crippen molar-refractivity contribution in [3.05, 3.63) is 178 Å². The van der Waals surface area contributed by atoms with Gasteiger partial charge < -0.3 is 0 Å². The van der Waals surface area contributed by atoms with Crippen LogP contribution in [0.3, 0.4) is 0 Å². The summed E-state index contributed by atoms with van der Waals surface area (Å²) in [6, 6.07) is 47.5. The van der Waals surface area contributed by atoms with E-state index in [1.807, 2.05) is 104 Å². The van der Waals surface area contributed by atoms with Crippen molar-refractivity contribution < 1.29 is 32.4 Å². The summed E-state index contributed by atoms with van der Waals surface area (Å²) in [4.78, 5) is 43.6. The Labute approximate surface area is 471 Å². The van der Waals surface area contributed by atoms with Crippen LogP contribution in [0, 0.1) is 23.7 Å². The fraction of sp³-hybridized carbons (Fsp3) is 0.477.